The molecule has 0 spiro atoms. The van der Waals surface area contributed by atoms with Crippen molar-refractivity contribution in [3.8, 4) is 0 Å². The van der Waals surface area contributed by atoms with Gasteiger partial charge in [0.05, 0.1) is 6.04 Å². The molecule has 3 heteroatoms. The average molecular weight is 209 g/mol. The van der Waals surface area contributed by atoms with Gasteiger partial charge in [0, 0.05) is 6.42 Å². The number of hydrogen-bond donors (Lipinski definition) is 1. The zero-order chi connectivity index (χ0) is 11.3. The molecule has 1 unspecified atom stereocenters. The van der Waals surface area contributed by atoms with Crippen molar-refractivity contribution in [1.82, 2.24) is 0 Å². The molecule has 0 bridgehead atoms. The third kappa shape index (κ3) is 3.44. The maximum Gasteiger partial charge on any atom is 0.149 e. The number of ketones is 1. The zero-order valence-electron chi connectivity index (χ0n) is 8.87. The summed E-state index contributed by atoms with van der Waals surface area (Å²) in [6, 6.07) is 6.09. The van der Waals surface area contributed by atoms with E-state index < -0.39 is 6.04 Å². The van der Waals surface area contributed by atoms with Crippen molar-refractivity contribution in [2.45, 2.75) is 32.2 Å². The molecule has 15 heavy (non-hydrogen) atoms. The molecule has 0 heterocycles. The number of carbonyl (C=O) groups is 1. The van der Waals surface area contributed by atoms with E-state index >= 15 is 0 Å². The first kappa shape index (κ1) is 11.9. The summed E-state index contributed by atoms with van der Waals surface area (Å²) >= 11 is 0. The van der Waals surface area contributed by atoms with Crippen LogP contribution in [-0.2, 0) is 11.2 Å². The number of aryl methyl sites for hydroxylation is 1. The van der Waals surface area contributed by atoms with Crippen molar-refractivity contribution in [3.63, 3.8) is 0 Å². The van der Waals surface area contributed by atoms with Gasteiger partial charge < -0.3 is 5.73 Å². The van der Waals surface area contributed by atoms with Crippen LogP contribution in [0.15, 0.2) is 24.3 Å². The van der Waals surface area contributed by atoms with E-state index in [4.69, 9.17) is 5.73 Å². The average Bonchev–Trinajstić information content (AvgIpc) is 2.26. The second-order valence-corrected chi connectivity index (χ2v) is 3.57. The molecule has 0 saturated carbocycles. The summed E-state index contributed by atoms with van der Waals surface area (Å²) in [5.41, 5.74) is 6.15. The molecule has 0 fully saturated rings. The lowest BCUT2D eigenvalue weighted by Gasteiger charge is -2.07. The molecule has 0 radical (unpaired) electrons. The van der Waals surface area contributed by atoms with E-state index in [2.05, 4.69) is 0 Å². The molecule has 2 N–H and O–H groups in total. The quantitative estimate of drug-likeness (QED) is 0.806. The van der Waals surface area contributed by atoms with Crippen molar-refractivity contribution < 1.29 is 9.18 Å². The molecule has 1 atom stereocenters. The van der Waals surface area contributed by atoms with Crippen LogP contribution in [0.25, 0.3) is 0 Å². The summed E-state index contributed by atoms with van der Waals surface area (Å²) in [5.74, 6) is -0.254. The minimum Gasteiger partial charge on any atom is -0.322 e. The van der Waals surface area contributed by atoms with E-state index in [9.17, 15) is 9.18 Å². The topological polar surface area (TPSA) is 43.1 Å². The minimum absolute atomic E-state index is 0.000697. The van der Waals surface area contributed by atoms with Crippen LogP contribution in [0.3, 0.4) is 0 Å². The van der Waals surface area contributed by atoms with Gasteiger partial charge in [0.15, 0.2) is 0 Å². The SMILES string of the molecule is CCC(N)C(=O)CCc1ccccc1F. The lowest BCUT2D eigenvalue weighted by Crippen LogP contribution is -2.29. The number of hydrogen-bond acceptors (Lipinski definition) is 2. The van der Waals surface area contributed by atoms with Gasteiger partial charge in [-0.1, -0.05) is 25.1 Å². The van der Waals surface area contributed by atoms with E-state index in [1.165, 1.54) is 6.07 Å². The van der Waals surface area contributed by atoms with Gasteiger partial charge in [-0.3, -0.25) is 4.79 Å². The van der Waals surface area contributed by atoms with Crippen molar-refractivity contribution in [1.29, 1.82) is 0 Å². The molecule has 0 aliphatic heterocycles. The highest BCUT2D eigenvalue weighted by atomic mass is 19.1. The summed E-state index contributed by atoms with van der Waals surface area (Å²) in [7, 11) is 0. The normalized spacial score (nSPS) is 12.5. The summed E-state index contributed by atoms with van der Waals surface area (Å²) in [6.07, 6.45) is 1.38. The molecular formula is C12H16FNO. The highest BCUT2D eigenvalue weighted by Gasteiger charge is 2.11. The monoisotopic (exact) mass is 209 g/mol. The van der Waals surface area contributed by atoms with Crippen LogP contribution in [0.4, 0.5) is 4.39 Å². The Morgan fingerprint density at radius 2 is 2.13 bits per heavy atom. The fourth-order valence-electron chi connectivity index (χ4n) is 1.37. The second kappa shape index (κ2) is 5.61. The fourth-order valence-corrected chi connectivity index (χ4v) is 1.37. The maximum atomic E-state index is 13.2. The summed E-state index contributed by atoms with van der Waals surface area (Å²) in [5, 5.41) is 0. The molecule has 0 aliphatic carbocycles. The third-order valence-electron chi connectivity index (χ3n) is 2.45. The number of Topliss-reactive ketones (excluding diaryl/α,β-unsaturated/α-hetero) is 1. The van der Waals surface area contributed by atoms with Crippen LogP contribution < -0.4 is 5.73 Å². The largest absolute Gasteiger partial charge is 0.322 e. The van der Waals surface area contributed by atoms with Crippen molar-refractivity contribution >= 4 is 5.78 Å². The lowest BCUT2D eigenvalue weighted by atomic mass is 10.0. The Morgan fingerprint density at radius 3 is 2.73 bits per heavy atom. The fraction of sp³-hybridized carbons (Fsp3) is 0.417. The van der Waals surface area contributed by atoms with Gasteiger partial charge in [-0.25, -0.2) is 4.39 Å². The van der Waals surface area contributed by atoms with Crippen molar-refractivity contribution in [2.75, 3.05) is 0 Å². The van der Waals surface area contributed by atoms with E-state index in [1.54, 1.807) is 18.2 Å². The molecule has 82 valence electrons. The van der Waals surface area contributed by atoms with E-state index in [0.717, 1.165) is 0 Å². The molecule has 0 aromatic heterocycles. The highest BCUT2D eigenvalue weighted by Crippen LogP contribution is 2.09. The number of benzene rings is 1. The van der Waals surface area contributed by atoms with Crippen molar-refractivity contribution in [2.24, 2.45) is 5.73 Å². The van der Waals surface area contributed by atoms with Gasteiger partial charge in [0.1, 0.15) is 11.6 Å². The minimum atomic E-state index is -0.406. The van der Waals surface area contributed by atoms with Gasteiger partial charge in [-0.15, -0.1) is 0 Å². The molecule has 0 amide bonds. The number of nitrogens with two attached hydrogens (primary N) is 1. The smallest absolute Gasteiger partial charge is 0.149 e. The number of halogens is 1. The van der Waals surface area contributed by atoms with Gasteiger partial charge in [0.2, 0.25) is 0 Å². The van der Waals surface area contributed by atoms with Gasteiger partial charge >= 0.3 is 0 Å². The molecule has 0 saturated heterocycles. The van der Waals surface area contributed by atoms with E-state index in [-0.39, 0.29) is 11.6 Å². The molecule has 0 aliphatic rings. The van der Waals surface area contributed by atoms with Crippen LogP contribution in [0.2, 0.25) is 0 Å². The summed E-state index contributed by atoms with van der Waals surface area (Å²) < 4.78 is 13.2. The molecule has 1 aromatic carbocycles. The Labute approximate surface area is 89.3 Å². The zero-order valence-corrected chi connectivity index (χ0v) is 8.87. The predicted molar refractivity (Wildman–Crippen MR) is 58.0 cm³/mol. The van der Waals surface area contributed by atoms with Crippen LogP contribution >= 0.6 is 0 Å². The van der Waals surface area contributed by atoms with Crippen LogP contribution in [-0.4, -0.2) is 11.8 Å². The Hall–Kier alpha value is -1.22. The van der Waals surface area contributed by atoms with Gasteiger partial charge in [0.25, 0.3) is 0 Å². The first-order valence-electron chi connectivity index (χ1n) is 5.16. The lowest BCUT2D eigenvalue weighted by molar-refractivity contribution is -0.120. The van der Waals surface area contributed by atoms with E-state index in [1.807, 2.05) is 6.92 Å². The Balaban J connectivity index is 2.51. The van der Waals surface area contributed by atoms with E-state index in [0.29, 0.717) is 24.8 Å². The van der Waals surface area contributed by atoms with Gasteiger partial charge in [-0.05, 0) is 24.5 Å². The van der Waals surface area contributed by atoms with Crippen LogP contribution in [0.1, 0.15) is 25.3 Å². The van der Waals surface area contributed by atoms with Crippen LogP contribution in [0.5, 0.6) is 0 Å². The Bertz CT molecular complexity index is 338. The third-order valence-corrected chi connectivity index (χ3v) is 2.45. The molecular weight excluding hydrogens is 193 g/mol. The number of rotatable bonds is 5. The first-order valence-corrected chi connectivity index (χ1v) is 5.16. The molecule has 1 aromatic rings. The maximum absolute atomic E-state index is 13.2. The summed E-state index contributed by atoms with van der Waals surface area (Å²) in [4.78, 5) is 11.4. The van der Waals surface area contributed by atoms with Gasteiger partial charge in [-0.2, -0.15) is 0 Å². The molecule has 1 rings (SSSR count). The summed E-state index contributed by atoms with van der Waals surface area (Å²) in [6.45, 7) is 1.87. The van der Waals surface area contributed by atoms with Crippen molar-refractivity contribution in [3.05, 3.63) is 35.6 Å². The van der Waals surface area contributed by atoms with Crippen LogP contribution in [0, 0.1) is 5.82 Å². The molecule has 2 nitrogen and oxygen atoms in total. The first-order chi connectivity index (χ1) is 7.15. The standard InChI is InChI=1S/C12H16FNO/c1-2-11(14)12(15)8-7-9-5-3-4-6-10(9)13/h3-6,11H,2,7-8,14H2,1H3. The Morgan fingerprint density at radius 1 is 1.47 bits per heavy atom. The highest BCUT2D eigenvalue weighted by molar-refractivity contribution is 5.83. The number of carbonyl (C=O) groups excluding carboxylic acids is 1. The second-order valence-electron chi connectivity index (χ2n) is 3.57. The Kier molecular flexibility index (Phi) is 4.43. The predicted octanol–water partition coefficient (Wildman–Crippen LogP) is 2.06.